The average Bonchev–Trinajstić information content (AvgIpc) is 3.23. The molecule has 1 aliphatic rings. The molecule has 1 aromatic carbocycles. The fourth-order valence-corrected chi connectivity index (χ4v) is 2.87. The van der Waals surface area contributed by atoms with Crippen molar-refractivity contribution >= 4 is 23.8 Å². The van der Waals surface area contributed by atoms with E-state index in [1.54, 1.807) is 0 Å². The minimum atomic E-state index is -1.08. The first-order valence-corrected chi connectivity index (χ1v) is 8.10. The van der Waals surface area contributed by atoms with Crippen LogP contribution in [0, 0.1) is 6.92 Å². The number of aryl methyl sites for hydroxylation is 1. The number of para-hydroxylation sites is 1. The lowest BCUT2D eigenvalue weighted by molar-refractivity contribution is -0.137. The van der Waals surface area contributed by atoms with Crippen molar-refractivity contribution < 1.29 is 9.59 Å². The fourth-order valence-electron chi connectivity index (χ4n) is 2.87. The van der Waals surface area contributed by atoms with Crippen molar-refractivity contribution in [1.82, 2.24) is 15.2 Å². The summed E-state index contributed by atoms with van der Waals surface area (Å²) in [7, 11) is 0. The topological polar surface area (TPSA) is 106 Å². The molecule has 8 nitrogen and oxygen atoms in total. The van der Waals surface area contributed by atoms with Crippen LogP contribution in [0.3, 0.4) is 0 Å². The molecule has 0 unspecified atom stereocenters. The van der Waals surface area contributed by atoms with Gasteiger partial charge in [-0.2, -0.15) is 10.2 Å². The van der Waals surface area contributed by atoms with E-state index in [1.165, 1.54) is 6.21 Å². The number of nitrogens with two attached hydrogens (primary N) is 1. The Balaban J connectivity index is 1.99. The number of nitrogens with zero attached hydrogens (tertiary/aromatic N) is 4. The van der Waals surface area contributed by atoms with Gasteiger partial charge in [0.25, 0.3) is 0 Å². The third-order valence-corrected chi connectivity index (χ3v) is 4.07. The maximum Gasteiger partial charge on any atom is 0.329 e. The second-order valence-electron chi connectivity index (χ2n) is 5.83. The minimum Gasteiger partial charge on any atom is -0.361 e. The van der Waals surface area contributed by atoms with E-state index in [2.05, 4.69) is 20.5 Å². The number of hydrogen-bond acceptors (Lipinski definition) is 5. The molecular weight excluding hydrogens is 320 g/mol. The Bertz CT molecular complexity index is 806. The highest BCUT2D eigenvalue weighted by Crippen LogP contribution is 2.28. The lowest BCUT2D eigenvalue weighted by atomic mass is 10.2. The number of carbonyl (C=O) groups excluding carboxylic acids is 2. The molecule has 0 spiro atoms. The predicted molar refractivity (Wildman–Crippen MR) is 94.7 cm³/mol. The molecular formula is C17H20N6O2. The van der Waals surface area contributed by atoms with Crippen LogP contribution in [0.1, 0.15) is 24.1 Å². The van der Waals surface area contributed by atoms with Crippen molar-refractivity contribution in [3.05, 3.63) is 41.6 Å². The van der Waals surface area contributed by atoms with Gasteiger partial charge in [-0.15, -0.1) is 0 Å². The number of primary amides is 1. The van der Waals surface area contributed by atoms with Crippen molar-refractivity contribution in [2.45, 2.75) is 19.8 Å². The summed E-state index contributed by atoms with van der Waals surface area (Å²) in [6, 6.07) is 9.85. The van der Waals surface area contributed by atoms with Crippen LogP contribution in [0.4, 0.5) is 5.82 Å². The van der Waals surface area contributed by atoms with Gasteiger partial charge in [0.05, 0.1) is 23.2 Å². The van der Waals surface area contributed by atoms with E-state index in [-0.39, 0.29) is 0 Å². The van der Waals surface area contributed by atoms with Gasteiger partial charge in [0.2, 0.25) is 0 Å². The van der Waals surface area contributed by atoms with Crippen molar-refractivity contribution in [2.24, 2.45) is 10.8 Å². The molecule has 1 aromatic heterocycles. The van der Waals surface area contributed by atoms with Crippen LogP contribution in [0.5, 0.6) is 0 Å². The molecule has 1 fully saturated rings. The number of benzene rings is 1. The van der Waals surface area contributed by atoms with Gasteiger partial charge >= 0.3 is 11.8 Å². The summed E-state index contributed by atoms with van der Waals surface area (Å²) in [6.45, 7) is 3.76. The van der Waals surface area contributed by atoms with Crippen molar-refractivity contribution in [2.75, 3.05) is 18.0 Å². The lowest BCUT2D eigenvalue weighted by Gasteiger charge is -2.20. The Labute approximate surface area is 145 Å². The number of anilines is 1. The van der Waals surface area contributed by atoms with E-state index in [9.17, 15) is 9.59 Å². The molecule has 2 amide bonds. The van der Waals surface area contributed by atoms with E-state index in [0.29, 0.717) is 0 Å². The Morgan fingerprint density at radius 1 is 1.24 bits per heavy atom. The maximum absolute atomic E-state index is 11.3. The third-order valence-electron chi connectivity index (χ3n) is 4.07. The number of nitrogens with one attached hydrogen (secondary N) is 1. The van der Waals surface area contributed by atoms with Gasteiger partial charge in [0.15, 0.2) is 0 Å². The SMILES string of the molecule is Cc1nn(-c2ccccc2)c(N2CCCC2)c1C=NNC(=O)C(N)=O. The van der Waals surface area contributed by atoms with Crippen LogP contribution in [0.2, 0.25) is 0 Å². The van der Waals surface area contributed by atoms with Gasteiger partial charge in [-0.25, -0.2) is 10.1 Å². The van der Waals surface area contributed by atoms with Crippen LogP contribution in [-0.2, 0) is 9.59 Å². The highest BCUT2D eigenvalue weighted by atomic mass is 16.2. The highest BCUT2D eigenvalue weighted by Gasteiger charge is 2.23. The van der Waals surface area contributed by atoms with E-state index in [4.69, 9.17) is 5.73 Å². The number of amides is 2. The summed E-state index contributed by atoms with van der Waals surface area (Å²) in [5, 5.41) is 8.50. The van der Waals surface area contributed by atoms with Crippen molar-refractivity contribution in [1.29, 1.82) is 0 Å². The molecule has 2 aromatic rings. The molecule has 0 bridgehead atoms. The number of hydrazone groups is 1. The zero-order valence-electron chi connectivity index (χ0n) is 14.0. The molecule has 0 atom stereocenters. The molecule has 130 valence electrons. The highest BCUT2D eigenvalue weighted by molar-refractivity contribution is 6.34. The smallest absolute Gasteiger partial charge is 0.329 e. The largest absolute Gasteiger partial charge is 0.361 e. The predicted octanol–water partition coefficient (Wildman–Crippen LogP) is 0.716. The standard InChI is InChI=1S/C17H20N6O2/c1-12-14(11-19-20-16(25)15(18)24)17(22-9-5-6-10-22)23(21-12)13-7-3-2-4-8-13/h2-4,7-8,11H,5-6,9-10H2,1H3,(H2,18,24)(H,20,25). The molecule has 0 aliphatic carbocycles. The first-order chi connectivity index (χ1) is 12.1. The number of carbonyl (C=O) groups is 2. The second kappa shape index (κ2) is 7.16. The third kappa shape index (κ3) is 3.52. The summed E-state index contributed by atoms with van der Waals surface area (Å²) >= 11 is 0. The molecule has 25 heavy (non-hydrogen) atoms. The molecule has 0 saturated carbocycles. The van der Waals surface area contributed by atoms with Crippen LogP contribution < -0.4 is 16.1 Å². The maximum atomic E-state index is 11.3. The van der Waals surface area contributed by atoms with Gasteiger partial charge in [-0.05, 0) is 31.9 Å². The second-order valence-corrected chi connectivity index (χ2v) is 5.83. The molecule has 2 heterocycles. The summed E-state index contributed by atoms with van der Waals surface area (Å²) in [5.74, 6) is -1.10. The van der Waals surface area contributed by atoms with Gasteiger partial charge < -0.3 is 10.6 Å². The van der Waals surface area contributed by atoms with Crippen molar-refractivity contribution in [3.8, 4) is 5.69 Å². The summed E-state index contributed by atoms with van der Waals surface area (Å²) < 4.78 is 1.89. The van der Waals surface area contributed by atoms with E-state index >= 15 is 0 Å². The average molecular weight is 340 g/mol. The molecule has 3 N–H and O–H groups in total. The van der Waals surface area contributed by atoms with E-state index in [1.807, 2.05) is 41.9 Å². The number of hydrogen-bond donors (Lipinski definition) is 2. The molecule has 8 heteroatoms. The first kappa shape index (κ1) is 16.7. The van der Waals surface area contributed by atoms with Crippen LogP contribution in [-0.4, -0.2) is 40.9 Å². The molecule has 1 saturated heterocycles. The Morgan fingerprint density at radius 2 is 1.92 bits per heavy atom. The van der Waals surface area contributed by atoms with Crippen LogP contribution >= 0.6 is 0 Å². The monoisotopic (exact) mass is 340 g/mol. The Hall–Kier alpha value is -3.16. The van der Waals surface area contributed by atoms with Crippen molar-refractivity contribution in [3.63, 3.8) is 0 Å². The molecule has 3 rings (SSSR count). The van der Waals surface area contributed by atoms with E-state index < -0.39 is 11.8 Å². The Morgan fingerprint density at radius 3 is 2.56 bits per heavy atom. The summed E-state index contributed by atoms with van der Waals surface area (Å²) in [6.07, 6.45) is 3.75. The normalized spacial score (nSPS) is 14.2. The first-order valence-electron chi connectivity index (χ1n) is 8.10. The fraction of sp³-hybridized carbons (Fsp3) is 0.294. The summed E-state index contributed by atoms with van der Waals surface area (Å²) in [5.41, 5.74) is 9.56. The Kier molecular flexibility index (Phi) is 4.78. The van der Waals surface area contributed by atoms with Gasteiger partial charge in [0.1, 0.15) is 5.82 Å². The van der Waals surface area contributed by atoms with Gasteiger partial charge in [-0.3, -0.25) is 9.59 Å². The zero-order valence-corrected chi connectivity index (χ0v) is 14.0. The van der Waals surface area contributed by atoms with Gasteiger partial charge in [-0.1, -0.05) is 18.2 Å². The van der Waals surface area contributed by atoms with Gasteiger partial charge in [0, 0.05) is 13.1 Å². The van der Waals surface area contributed by atoms with E-state index in [0.717, 1.165) is 48.7 Å². The zero-order chi connectivity index (χ0) is 17.8. The minimum absolute atomic E-state index is 0.780. The lowest BCUT2D eigenvalue weighted by Crippen LogP contribution is -2.33. The van der Waals surface area contributed by atoms with Crippen LogP contribution in [0.15, 0.2) is 35.4 Å². The molecule has 0 radical (unpaired) electrons. The number of aromatic nitrogens is 2. The quantitative estimate of drug-likeness (QED) is 0.486. The number of rotatable bonds is 4. The van der Waals surface area contributed by atoms with Crippen LogP contribution in [0.25, 0.3) is 5.69 Å². The molecule has 1 aliphatic heterocycles. The summed E-state index contributed by atoms with van der Waals surface area (Å²) in [4.78, 5) is 24.3.